The van der Waals surface area contributed by atoms with Crippen LogP contribution in [0, 0.1) is 5.41 Å². The average molecular weight is 372 g/mol. The predicted molar refractivity (Wildman–Crippen MR) is 103 cm³/mol. The highest BCUT2D eigenvalue weighted by Crippen LogP contribution is 2.35. The number of H-pyrrole nitrogens is 1. The number of aryl methyl sites for hydroxylation is 2. The Hall–Kier alpha value is -2.37. The number of aromatic nitrogens is 1. The van der Waals surface area contributed by atoms with E-state index in [1.54, 1.807) is 11.0 Å². The third-order valence-corrected chi connectivity index (χ3v) is 5.79. The quantitative estimate of drug-likeness (QED) is 0.795. The molecule has 146 valence electrons. The molecule has 0 bridgehead atoms. The molecule has 3 rings (SSSR count). The van der Waals surface area contributed by atoms with Gasteiger partial charge in [-0.3, -0.25) is 14.4 Å². The number of rotatable bonds is 4. The monoisotopic (exact) mass is 372 g/mol. The van der Waals surface area contributed by atoms with Crippen LogP contribution in [0.1, 0.15) is 67.6 Å². The second-order valence-electron chi connectivity index (χ2n) is 8.12. The number of carboxylic acids is 1. The first-order chi connectivity index (χ1) is 12.8. The molecule has 2 N–H and O–H groups in total. The van der Waals surface area contributed by atoms with Crippen molar-refractivity contribution in [3.63, 3.8) is 0 Å². The Morgan fingerprint density at radius 2 is 2.00 bits per heavy atom. The van der Waals surface area contributed by atoms with Gasteiger partial charge in [0.15, 0.2) is 0 Å². The molecule has 2 aliphatic rings. The van der Waals surface area contributed by atoms with Crippen molar-refractivity contribution < 1.29 is 14.7 Å². The van der Waals surface area contributed by atoms with Crippen molar-refractivity contribution in [2.75, 3.05) is 13.1 Å². The predicted octanol–water partition coefficient (Wildman–Crippen LogP) is 2.92. The Bertz CT molecular complexity index is 835. The fourth-order valence-corrected chi connectivity index (χ4v) is 4.14. The number of carboxylic acid groups (broad SMARTS) is 1. The van der Waals surface area contributed by atoms with Crippen LogP contribution in [-0.2, 0) is 17.6 Å². The number of carbonyl (C=O) groups is 2. The number of hydrogen-bond acceptors (Lipinski definition) is 3. The minimum Gasteiger partial charge on any atom is -0.481 e. The highest BCUT2D eigenvalue weighted by molar-refractivity contribution is 5.94. The summed E-state index contributed by atoms with van der Waals surface area (Å²) in [6, 6.07) is 1.73. The number of amides is 1. The minimum atomic E-state index is -0.980. The second-order valence-corrected chi connectivity index (χ2v) is 8.12. The zero-order valence-electron chi connectivity index (χ0n) is 16.1. The van der Waals surface area contributed by atoms with Gasteiger partial charge in [0.1, 0.15) is 5.56 Å². The molecule has 27 heavy (non-hydrogen) atoms. The number of hydrogen-bond donors (Lipinski definition) is 2. The first-order valence-corrected chi connectivity index (χ1v) is 9.73. The number of aliphatic carboxylic acids is 1. The van der Waals surface area contributed by atoms with Crippen LogP contribution >= 0.6 is 0 Å². The summed E-state index contributed by atoms with van der Waals surface area (Å²) in [6.45, 7) is 4.50. The van der Waals surface area contributed by atoms with Crippen LogP contribution in [0.3, 0.4) is 0 Å². The molecular weight excluding hydrogens is 344 g/mol. The van der Waals surface area contributed by atoms with Crippen LogP contribution in [-0.4, -0.2) is 40.0 Å². The number of aromatic amines is 1. The summed E-state index contributed by atoms with van der Waals surface area (Å²) < 4.78 is 0. The number of likely N-dealkylation sites (tertiary alicyclic amines) is 1. The Morgan fingerprint density at radius 1 is 1.26 bits per heavy atom. The highest BCUT2D eigenvalue weighted by Gasteiger charge is 2.43. The van der Waals surface area contributed by atoms with E-state index in [2.05, 4.69) is 4.98 Å². The van der Waals surface area contributed by atoms with Crippen molar-refractivity contribution in [3.05, 3.63) is 44.9 Å². The van der Waals surface area contributed by atoms with Gasteiger partial charge in [0.25, 0.3) is 11.5 Å². The Balaban J connectivity index is 1.87. The van der Waals surface area contributed by atoms with Gasteiger partial charge in [0, 0.05) is 18.8 Å². The molecule has 1 aromatic heterocycles. The van der Waals surface area contributed by atoms with Crippen molar-refractivity contribution in [2.24, 2.45) is 5.41 Å². The fourth-order valence-electron chi connectivity index (χ4n) is 4.14. The molecule has 0 spiro atoms. The zero-order chi connectivity index (χ0) is 19.6. The number of piperidine rings is 1. The summed E-state index contributed by atoms with van der Waals surface area (Å²) in [5.74, 6) is -1.23. The average Bonchev–Trinajstić information content (AvgIpc) is 2.65. The Labute approximate surface area is 159 Å². The Kier molecular flexibility index (Phi) is 5.53. The van der Waals surface area contributed by atoms with E-state index in [0.29, 0.717) is 25.8 Å². The van der Waals surface area contributed by atoms with Crippen LogP contribution in [0.4, 0.5) is 0 Å². The standard InChI is InChI=1S/C21H28N2O4/c1-14(2)8-10-21(20(26)27)9-5-11-23(13-21)19(25)16-12-15-6-3-4-7-17(15)22-18(16)24/h8,12H,3-7,9-11,13H2,1-2H3,(H,22,24)(H,26,27)/t21-/m0/s1. The maximum Gasteiger partial charge on any atom is 0.311 e. The van der Waals surface area contributed by atoms with Crippen molar-refractivity contribution in [2.45, 2.75) is 58.8 Å². The van der Waals surface area contributed by atoms with Crippen LogP contribution in [0.5, 0.6) is 0 Å². The molecule has 0 unspecified atom stereocenters. The van der Waals surface area contributed by atoms with E-state index in [9.17, 15) is 19.5 Å². The lowest BCUT2D eigenvalue weighted by Gasteiger charge is -2.39. The maximum atomic E-state index is 13.1. The summed E-state index contributed by atoms with van der Waals surface area (Å²) in [5, 5.41) is 9.85. The van der Waals surface area contributed by atoms with E-state index >= 15 is 0 Å². The third kappa shape index (κ3) is 3.99. The molecule has 1 aliphatic heterocycles. The molecule has 1 aliphatic carbocycles. The first-order valence-electron chi connectivity index (χ1n) is 9.73. The molecule has 1 aromatic rings. The molecular formula is C21H28N2O4. The lowest BCUT2D eigenvalue weighted by molar-refractivity contribution is -0.151. The van der Waals surface area contributed by atoms with E-state index in [1.807, 2.05) is 19.9 Å². The fraction of sp³-hybridized carbons (Fsp3) is 0.571. The molecule has 6 nitrogen and oxygen atoms in total. The topological polar surface area (TPSA) is 90.5 Å². The summed E-state index contributed by atoms with van der Waals surface area (Å²) in [4.78, 5) is 41.9. The normalized spacial score (nSPS) is 22.1. The summed E-state index contributed by atoms with van der Waals surface area (Å²) in [7, 11) is 0. The van der Waals surface area contributed by atoms with Gasteiger partial charge in [0.05, 0.1) is 5.41 Å². The molecule has 1 atom stereocenters. The van der Waals surface area contributed by atoms with Gasteiger partial charge < -0.3 is 15.0 Å². The summed E-state index contributed by atoms with van der Waals surface area (Å²) in [5.41, 5.74) is 1.83. The number of allylic oxidation sites excluding steroid dienone is 2. The van der Waals surface area contributed by atoms with E-state index in [1.165, 1.54) is 0 Å². The molecule has 0 radical (unpaired) electrons. The van der Waals surface area contributed by atoms with Crippen molar-refractivity contribution in [1.82, 2.24) is 9.88 Å². The first kappa shape index (κ1) is 19.4. The van der Waals surface area contributed by atoms with Crippen molar-refractivity contribution >= 4 is 11.9 Å². The molecule has 0 saturated carbocycles. The summed E-state index contributed by atoms with van der Waals surface area (Å²) >= 11 is 0. The van der Waals surface area contributed by atoms with Crippen LogP contribution in [0.2, 0.25) is 0 Å². The largest absolute Gasteiger partial charge is 0.481 e. The second kappa shape index (κ2) is 7.71. The van der Waals surface area contributed by atoms with Crippen LogP contribution in [0.25, 0.3) is 0 Å². The molecule has 0 aromatic carbocycles. The summed E-state index contributed by atoms with van der Waals surface area (Å²) in [6.07, 6.45) is 7.30. The molecule has 1 saturated heterocycles. The highest BCUT2D eigenvalue weighted by atomic mass is 16.4. The minimum absolute atomic E-state index is 0.138. The van der Waals surface area contributed by atoms with Crippen LogP contribution < -0.4 is 5.56 Å². The smallest absolute Gasteiger partial charge is 0.311 e. The molecule has 2 heterocycles. The van der Waals surface area contributed by atoms with Crippen LogP contribution in [0.15, 0.2) is 22.5 Å². The van der Waals surface area contributed by atoms with Gasteiger partial charge >= 0.3 is 5.97 Å². The van der Waals surface area contributed by atoms with Gasteiger partial charge in [-0.05, 0) is 70.4 Å². The molecule has 1 amide bonds. The number of pyridine rings is 1. The molecule has 6 heteroatoms. The third-order valence-electron chi connectivity index (χ3n) is 5.79. The number of nitrogens with one attached hydrogen (secondary N) is 1. The SMILES string of the molecule is CC(C)=CC[C@@]1(C(=O)O)CCCN(C(=O)c2cc3c([nH]c2=O)CCCC3)C1. The maximum absolute atomic E-state index is 13.1. The number of fused-ring (bicyclic) bond motifs is 1. The van der Waals surface area contributed by atoms with Crippen molar-refractivity contribution in [1.29, 1.82) is 0 Å². The van der Waals surface area contributed by atoms with Crippen molar-refractivity contribution in [3.8, 4) is 0 Å². The van der Waals surface area contributed by atoms with Gasteiger partial charge in [-0.15, -0.1) is 0 Å². The Morgan fingerprint density at radius 3 is 2.70 bits per heavy atom. The lowest BCUT2D eigenvalue weighted by Crippen LogP contribution is -2.50. The zero-order valence-corrected chi connectivity index (χ0v) is 16.1. The van der Waals surface area contributed by atoms with Gasteiger partial charge in [-0.1, -0.05) is 11.6 Å². The number of nitrogens with zero attached hydrogens (tertiary/aromatic N) is 1. The van der Waals surface area contributed by atoms with E-state index in [4.69, 9.17) is 0 Å². The van der Waals surface area contributed by atoms with Gasteiger partial charge in [-0.2, -0.15) is 0 Å². The number of carbonyl (C=O) groups excluding carboxylic acids is 1. The van der Waals surface area contributed by atoms with Gasteiger partial charge in [0.2, 0.25) is 0 Å². The van der Waals surface area contributed by atoms with E-state index in [-0.39, 0.29) is 23.6 Å². The van der Waals surface area contributed by atoms with Gasteiger partial charge in [-0.25, -0.2) is 0 Å². The van der Waals surface area contributed by atoms with E-state index in [0.717, 1.165) is 42.5 Å². The molecule has 1 fully saturated rings. The lowest BCUT2D eigenvalue weighted by atomic mass is 9.76. The van der Waals surface area contributed by atoms with E-state index < -0.39 is 11.4 Å².